The molecular weight excluding hydrogens is 160 g/mol. The van der Waals surface area contributed by atoms with Crippen LogP contribution in [0.3, 0.4) is 0 Å². The molecule has 0 N–H and O–H groups in total. The number of ether oxygens (including phenoxy) is 1. The number of hydrogen-bond donors (Lipinski definition) is 0. The lowest BCUT2D eigenvalue weighted by Crippen LogP contribution is -1.87. The Balaban J connectivity index is 2.87. The maximum absolute atomic E-state index is 5.30. The third-order valence-electron chi connectivity index (χ3n) is 2.04. The molecule has 0 rings (SSSR count). The molecule has 0 aromatic carbocycles. The molecule has 0 aliphatic heterocycles. The molecule has 0 saturated carbocycles. The van der Waals surface area contributed by atoms with E-state index in [0.717, 1.165) is 13.0 Å². The summed E-state index contributed by atoms with van der Waals surface area (Å²) in [6, 6.07) is 0. The van der Waals surface area contributed by atoms with E-state index in [1.807, 2.05) is 6.26 Å². The zero-order valence-corrected chi connectivity index (χ0v) is 9.22. The van der Waals surface area contributed by atoms with Crippen LogP contribution in [0.15, 0.2) is 12.3 Å². The highest BCUT2D eigenvalue weighted by molar-refractivity contribution is 4.70. The van der Waals surface area contributed by atoms with Gasteiger partial charge in [0, 0.05) is 0 Å². The van der Waals surface area contributed by atoms with Crippen molar-refractivity contribution in [1.82, 2.24) is 0 Å². The van der Waals surface area contributed by atoms with Crippen molar-refractivity contribution in [3.8, 4) is 0 Å². The Morgan fingerprint density at radius 3 is 2.31 bits per heavy atom. The Hall–Kier alpha value is -0.460. The number of unbranched alkanes of at least 4 members (excludes halogenated alkanes) is 5. The Kier molecular flexibility index (Phi) is 11.1. The van der Waals surface area contributed by atoms with Crippen LogP contribution in [-0.2, 0) is 4.74 Å². The van der Waals surface area contributed by atoms with Gasteiger partial charge in [0.1, 0.15) is 0 Å². The quantitative estimate of drug-likeness (QED) is 0.384. The first kappa shape index (κ1) is 12.5. The van der Waals surface area contributed by atoms with Gasteiger partial charge in [-0.25, -0.2) is 0 Å². The van der Waals surface area contributed by atoms with Crippen LogP contribution in [0.25, 0.3) is 0 Å². The van der Waals surface area contributed by atoms with Crippen molar-refractivity contribution in [3.05, 3.63) is 12.3 Å². The first-order valence-corrected chi connectivity index (χ1v) is 5.68. The van der Waals surface area contributed by atoms with Gasteiger partial charge in [-0.05, 0) is 12.8 Å². The Morgan fingerprint density at radius 2 is 1.62 bits per heavy atom. The summed E-state index contributed by atoms with van der Waals surface area (Å²) >= 11 is 0. The van der Waals surface area contributed by atoms with E-state index in [1.54, 1.807) is 0 Å². The van der Waals surface area contributed by atoms with Crippen molar-refractivity contribution in [2.75, 3.05) is 6.61 Å². The lowest BCUT2D eigenvalue weighted by Gasteiger charge is -2.00. The van der Waals surface area contributed by atoms with E-state index in [4.69, 9.17) is 4.74 Å². The standard InChI is InChI=1S/C12H24O/c1-3-5-7-8-9-10-12-13-11-6-4-2/h6,11H,3-5,7-10,12H2,1-2H3/b11-6+. The van der Waals surface area contributed by atoms with Gasteiger partial charge in [-0.1, -0.05) is 52.0 Å². The first-order valence-electron chi connectivity index (χ1n) is 5.68. The van der Waals surface area contributed by atoms with Gasteiger partial charge in [0.05, 0.1) is 12.9 Å². The van der Waals surface area contributed by atoms with E-state index in [0.29, 0.717) is 0 Å². The van der Waals surface area contributed by atoms with Gasteiger partial charge >= 0.3 is 0 Å². The summed E-state index contributed by atoms with van der Waals surface area (Å²) in [6.45, 7) is 5.26. The molecule has 1 heteroatoms. The van der Waals surface area contributed by atoms with E-state index in [9.17, 15) is 0 Å². The van der Waals surface area contributed by atoms with Crippen LogP contribution in [0.1, 0.15) is 58.8 Å². The zero-order valence-electron chi connectivity index (χ0n) is 9.22. The van der Waals surface area contributed by atoms with E-state index in [-0.39, 0.29) is 0 Å². The molecular formula is C12H24O. The van der Waals surface area contributed by atoms with Crippen molar-refractivity contribution in [2.45, 2.75) is 58.8 Å². The second-order valence-corrected chi connectivity index (χ2v) is 3.42. The maximum Gasteiger partial charge on any atom is 0.0873 e. The van der Waals surface area contributed by atoms with E-state index in [1.165, 1.54) is 38.5 Å². The minimum absolute atomic E-state index is 0.891. The van der Waals surface area contributed by atoms with Crippen LogP contribution >= 0.6 is 0 Å². The van der Waals surface area contributed by atoms with Gasteiger partial charge in [0.2, 0.25) is 0 Å². The highest BCUT2D eigenvalue weighted by atomic mass is 16.5. The van der Waals surface area contributed by atoms with Crippen LogP contribution in [0.2, 0.25) is 0 Å². The van der Waals surface area contributed by atoms with E-state index in [2.05, 4.69) is 19.9 Å². The second-order valence-electron chi connectivity index (χ2n) is 3.42. The van der Waals surface area contributed by atoms with E-state index >= 15 is 0 Å². The summed E-state index contributed by atoms with van der Waals surface area (Å²) in [7, 11) is 0. The summed E-state index contributed by atoms with van der Waals surface area (Å²) in [5.41, 5.74) is 0. The summed E-state index contributed by atoms with van der Waals surface area (Å²) in [6.07, 6.45) is 12.9. The molecule has 0 saturated heterocycles. The van der Waals surface area contributed by atoms with Gasteiger partial charge in [-0.15, -0.1) is 0 Å². The third kappa shape index (κ3) is 11.5. The molecule has 0 amide bonds. The molecule has 13 heavy (non-hydrogen) atoms. The highest BCUT2D eigenvalue weighted by Crippen LogP contribution is 2.04. The Morgan fingerprint density at radius 1 is 0.923 bits per heavy atom. The monoisotopic (exact) mass is 184 g/mol. The van der Waals surface area contributed by atoms with Gasteiger partial charge in [0.15, 0.2) is 0 Å². The van der Waals surface area contributed by atoms with Crippen molar-refractivity contribution >= 4 is 0 Å². The van der Waals surface area contributed by atoms with Crippen LogP contribution in [0.5, 0.6) is 0 Å². The van der Waals surface area contributed by atoms with Gasteiger partial charge in [0.25, 0.3) is 0 Å². The molecule has 0 aromatic rings. The number of rotatable bonds is 9. The molecule has 0 unspecified atom stereocenters. The van der Waals surface area contributed by atoms with Crippen LogP contribution in [-0.4, -0.2) is 6.61 Å². The fourth-order valence-corrected chi connectivity index (χ4v) is 1.20. The van der Waals surface area contributed by atoms with Crippen LogP contribution in [0.4, 0.5) is 0 Å². The molecule has 0 spiro atoms. The molecule has 0 aliphatic rings. The molecule has 0 bridgehead atoms. The number of allylic oxidation sites excluding steroid dienone is 1. The van der Waals surface area contributed by atoms with Gasteiger partial charge in [-0.3, -0.25) is 0 Å². The van der Waals surface area contributed by atoms with Gasteiger partial charge in [-0.2, -0.15) is 0 Å². The molecule has 0 aliphatic carbocycles. The Bertz CT molecular complexity index is 108. The normalized spacial score (nSPS) is 10.9. The fraction of sp³-hybridized carbons (Fsp3) is 0.833. The molecule has 0 fully saturated rings. The predicted molar refractivity (Wildman–Crippen MR) is 58.8 cm³/mol. The summed E-state index contributed by atoms with van der Waals surface area (Å²) in [4.78, 5) is 0. The molecule has 0 heterocycles. The fourth-order valence-electron chi connectivity index (χ4n) is 1.20. The SMILES string of the molecule is CC/C=C/OCCCCCCCC. The van der Waals surface area contributed by atoms with Gasteiger partial charge < -0.3 is 4.74 Å². The van der Waals surface area contributed by atoms with Crippen LogP contribution in [0, 0.1) is 0 Å². The lowest BCUT2D eigenvalue weighted by atomic mass is 10.1. The van der Waals surface area contributed by atoms with Crippen molar-refractivity contribution in [3.63, 3.8) is 0 Å². The van der Waals surface area contributed by atoms with E-state index < -0.39 is 0 Å². The van der Waals surface area contributed by atoms with Crippen molar-refractivity contribution < 1.29 is 4.74 Å². The molecule has 0 atom stereocenters. The second kappa shape index (κ2) is 11.5. The number of hydrogen-bond acceptors (Lipinski definition) is 1. The Labute approximate surface area is 83.2 Å². The third-order valence-corrected chi connectivity index (χ3v) is 2.04. The predicted octanol–water partition coefficient (Wildman–Crippen LogP) is 4.29. The minimum atomic E-state index is 0.891. The first-order chi connectivity index (χ1) is 6.41. The lowest BCUT2D eigenvalue weighted by molar-refractivity contribution is 0.239. The van der Waals surface area contributed by atoms with Crippen molar-refractivity contribution in [1.29, 1.82) is 0 Å². The molecule has 1 nitrogen and oxygen atoms in total. The van der Waals surface area contributed by atoms with Crippen molar-refractivity contribution in [2.24, 2.45) is 0 Å². The minimum Gasteiger partial charge on any atom is -0.502 e. The highest BCUT2D eigenvalue weighted by Gasteiger charge is 1.88. The largest absolute Gasteiger partial charge is 0.502 e. The molecule has 78 valence electrons. The average molecular weight is 184 g/mol. The average Bonchev–Trinajstić information content (AvgIpc) is 2.16. The summed E-state index contributed by atoms with van der Waals surface area (Å²) < 4.78 is 5.30. The molecule has 0 radical (unpaired) electrons. The topological polar surface area (TPSA) is 9.23 Å². The zero-order chi connectivity index (χ0) is 9.78. The smallest absolute Gasteiger partial charge is 0.0873 e. The summed E-state index contributed by atoms with van der Waals surface area (Å²) in [5, 5.41) is 0. The van der Waals surface area contributed by atoms with Crippen LogP contribution < -0.4 is 0 Å². The summed E-state index contributed by atoms with van der Waals surface area (Å²) in [5.74, 6) is 0. The molecule has 0 aromatic heterocycles. The maximum atomic E-state index is 5.30.